The molecule has 5 rings (SSSR count). The maximum absolute atomic E-state index is 13.3. The van der Waals surface area contributed by atoms with Gasteiger partial charge in [0.1, 0.15) is 5.76 Å². The fourth-order valence-electron chi connectivity index (χ4n) is 5.22. The van der Waals surface area contributed by atoms with Gasteiger partial charge in [-0.1, -0.05) is 52.6 Å². The zero-order chi connectivity index (χ0) is 22.2. The molecule has 2 fully saturated rings. The van der Waals surface area contributed by atoms with Gasteiger partial charge < -0.3 is 9.84 Å². The number of piperidine rings is 1. The SMILES string of the molecule is Cc1cc(CC2CC(c3cccc(Cl)c3)C(C(c3ccc(Cl)cc3)C3CC3)NC2=O)no1. The third-order valence-corrected chi connectivity index (χ3v) is 7.32. The minimum atomic E-state index is -0.162. The number of carbonyl (C=O) groups is 1. The summed E-state index contributed by atoms with van der Waals surface area (Å²) in [5, 5.41) is 8.98. The van der Waals surface area contributed by atoms with Gasteiger partial charge in [0, 0.05) is 46.3 Å². The van der Waals surface area contributed by atoms with Crippen LogP contribution in [0.4, 0.5) is 0 Å². The smallest absolute Gasteiger partial charge is 0.223 e. The highest BCUT2D eigenvalue weighted by atomic mass is 35.5. The van der Waals surface area contributed by atoms with Crippen LogP contribution in [0.3, 0.4) is 0 Å². The van der Waals surface area contributed by atoms with Crippen molar-refractivity contribution >= 4 is 29.1 Å². The Morgan fingerprint density at radius 1 is 1.09 bits per heavy atom. The second-order valence-corrected chi connectivity index (χ2v) is 10.0. The standard InChI is InChI=1S/C26H26Cl2N2O2/c1-15-11-22(30-32-15)13-19-14-23(18-3-2-4-21(28)12-18)25(29-26(19)31)24(16-5-6-16)17-7-9-20(27)10-8-17/h2-4,7-12,16,19,23-25H,5-6,13-14H2,1H3,(H,29,31). The monoisotopic (exact) mass is 468 g/mol. The number of hydrogen-bond donors (Lipinski definition) is 1. The molecule has 6 heteroatoms. The summed E-state index contributed by atoms with van der Waals surface area (Å²) >= 11 is 12.5. The molecule has 2 heterocycles. The fraction of sp³-hybridized carbons (Fsp3) is 0.385. The second-order valence-electron chi connectivity index (χ2n) is 9.18. The van der Waals surface area contributed by atoms with Crippen LogP contribution in [-0.2, 0) is 11.2 Å². The van der Waals surface area contributed by atoms with E-state index in [1.807, 2.05) is 43.3 Å². The summed E-state index contributed by atoms with van der Waals surface area (Å²) in [6.07, 6.45) is 3.69. The van der Waals surface area contributed by atoms with Crippen molar-refractivity contribution in [2.75, 3.05) is 0 Å². The predicted octanol–water partition coefficient (Wildman–Crippen LogP) is 6.31. The van der Waals surface area contributed by atoms with Crippen LogP contribution in [0.15, 0.2) is 59.1 Å². The van der Waals surface area contributed by atoms with E-state index in [1.54, 1.807) is 0 Å². The van der Waals surface area contributed by atoms with Crippen LogP contribution in [0.25, 0.3) is 0 Å². The number of amides is 1. The summed E-state index contributed by atoms with van der Waals surface area (Å²) in [6.45, 7) is 1.87. The summed E-state index contributed by atoms with van der Waals surface area (Å²) in [7, 11) is 0. The number of nitrogens with zero attached hydrogens (tertiary/aromatic N) is 1. The third kappa shape index (κ3) is 4.57. The fourth-order valence-corrected chi connectivity index (χ4v) is 5.54. The molecule has 4 atom stereocenters. The Balaban J connectivity index is 1.49. The van der Waals surface area contributed by atoms with Crippen molar-refractivity contribution in [3.8, 4) is 0 Å². The van der Waals surface area contributed by atoms with E-state index in [2.05, 4.69) is 28.7 Å². The number of benzene rings is 2. The molecule has 3 aromatic rings. The lowest BCUT2D eigenvalue weighted by Crippen LogP contribution is -2.52. The third-order valence-electron chi connectivity index (χ3n) is 6.83. The van der Waals surface area contributed by atoms with Gasteiger partial charge in [0.15, 0.2) is 0 Å². The highest BCUT2D eigenvalue weighted by Crippen LogP contribution is 2.50. The molecular formula is C26H26Cl2N2O2. The van der Waals surface area contributed by atoms with Crippen LogP contribution in [-0.4, -0.2) is 17.1 Å². The van der Waals surface area contributed by atoms with Gasteiger partial charge in [-0.2, -0.15) is 0 Å². The lowest BCUT2D eigenvalue weighted by Gasteiger charge is -2.41. The number of carbonyl (C=O) groups excluding carboxylic acids is 1. The molecule has 1 saturated carbocycles. The summed E-state index contributed by atoms with van der Waals surface area (Å²) in [5.41, 5.74) is 3.23. The highest BCUT2D eigenvalue weighted by molar-refractivity contribution is 6.30. The maximum atomic E-state index is 13.3. The Labute approximate surface area is 198 Å². The molecule has 1 aromatic heterocycles. The molecular weight excluding hydrogens is 443 g/mol. The minimum absolute atomic E-state index is 0.00457. The Kier molecular flexibility index (Phi) is 6.00. The summed E-state index contributed by atoms with van der Waals surface area (Å²) in [6, 6.07) is 18.1. The molecule has 32 heavy (non-hydrogen) atoms. The zero-order valence-corrected chi connectivity index (χ0v) is 19.4. The Morgan fingerprint density at radius 3 is 2.53 bits per heavy atom. The Hall–Kier alpha value is -2.30. The van der Waals surface area contributed by atoms with Crippen molar-refractivity contribution < 1.29 is 9.32 Å². The minimum Gasteiger partial charge on any atom is -0.361 e. The van der Waals surface area contributed by atoms with E-state index >= 15 is 0 Å². The number of halogens is 2. The van der Waals surface area contributed by atoms with Crippen molar-refractivity contribution in [3.05, 3.63) is 87.2 Å². The van der Waals surface area contributed by atoms with Crippen molar-refractivity contribution in [3.63, 3.8) is 0 Å². The van der Waals surface area contributed by atoms with Gasteiger partial charge >= 0.3 is 0 Å². The predicted molar refractivity (Wildman–Crippen MR) is 126 cm³/mol. The highest BCUT2D eigenvalue weighted by Gasteiger charge is 2.46. The van der Waals surface area contributed by atoms with E-state index in [4.69, 9.17) is 27.7 Å². The molecule has 4 unspecified atom stereocenters. The molecule has 0 bridgehead atoms. The van der Waals surface area contributed by atoms with Crippen molar-refractivity contribution in [2.45, 2.75) is 50.5 Å². The van der Waals surface area contributed by atoms with E-state index in [1.165, 1.54) is 24.0 Å². The van der Waals surface area contributed by atoms with Crippen LogP contribution in [0.1, 0.15) is 53.7 Å². The molecule has 0 spiro atoms. The first-order valence-electron chi connectivity index (χ1n) is 11.2. The van der Waals surface area contributed by atoms with Crippen LogP contribution in [0.2, 0.25) is 10.0 Å². The lowest BCUT2D eigenvalue weighted by atomic mass is 9.71. The molecule has 1 N–H and O–H groups in total. The van der Waals surface area contributed by atoms with E-state index in [-0.39, 0.29) is 29.7 Å². The summed E-state index contributed by atoms with van der Waals surface area (Å²) in [5.74, 6) is 1.66. The molecule has 1 aliphatic carbocycles. The van der Waals surface area contributed by atoms with Gasteiger partial charge in [-0.3, -0.25) is 4.79 Å². The molecule has 166 valence electrons. The van der Waals surface area contributed by atoms with Gasteiger partial charge in [0.2, 0.25) is 5.91 Å². The van der Waals surface area contributed by atoms with Crippen molar-refractivity contribution in [1.82, 2.24) is 10.5 Å². The first kappa shape index (κ1) is 21.5. The normalized spacial score (nSPS) is 24.2. The molecule has 1 aliphatic heterocycles. The van der Waals surface area contributed by atoms with Crippen molar-refractivity contribution in [1.29, 1.82) is 0 Å². The number of hydrogen-bond acceptors (Lipinski definition) is 3. The Bertz CT molecular complexity index is 1110. The van der Waals surface area contributed by atoms with Crippen LogP contribution >= 0.6 is 23.2 Å². The largest absolute Gasteiger partial charge is 0.361 e. The number of rotatable bonds is 6. The van der Waals surface area contributed by atoms with Crippen molar-refractivity contribution in [2.24, 2.45) is 11.8 Å². The quantitative estimate of drug-likeness (QED) is 0.460. The number of aromatic nitrogens is 1. The second kappa shape index (κ2) is 8.92. The summed E-state index contributed by atoms with van der Waals surface area (Å²) in [4.78, 5) is 13.3. The molecule has 4 nitrogen and oxygen atoms in total. The maximum Gasteiger partial charge on any atom is 0.223 e. The molecule has 2 aromatic carbocycles. The Morgan fingerprint density at radius 2 is 1.88 bits per heavy atom. The first-order valence-corrected chi connectivity index (χ1v) is 12.0. The topological polar surface area (TPSA) is 55.1 Å². The van der Waals surface area contributed by atoms with E-state index in [9.17, 15) is 4.79 Å². The molecule has 0 radical (unpaired) electrons. The molecule has 1 amide bonds. The van der Waals surface area contributed by atoms with E-state index < -0.39 is 0 Å². The van der Waals surface area contributed by atoms with Gasteiger partial charge in [0.05, 0.1) is 5.69 Å². The van der Waals surface area contributed by atoms with E-state index in [0.717, 1.165) is 27.9 Å². The van der Waals surface area contributed by atoms with Gasteiger partial charge in [0.25, 0.3) is 0 Å². The number of aryl methyl sites for hydroxylation is 1. The number of nitrogens with one attached hydrogen (secondary N) is 1. The zero-order valence-electron chi connectivity index (χ0n) is 17.9. The van der Waals surface area contributed by atoms with Gasteiger partial charge in [-0.15, -0.1) is 0 Å². The van der Waals surface area contributed by atoms with E-state index in [0.29, 0.717) is 12.3 Å². The molecule has 2 aliphatic rings. The molecule has 1 saturated heterocycles. The van der Waals surface area contributed by atoms with Crippen LogP contribution in [0.5, 0.6) is 0 Å². The van der Waals surface area contributed by atoms with Gasteiger partial charge in [-0.05, 0) is 67.5 Å². The lowest BCUT2D eigenvalue weighted by molar-refractivity contribution is -0.128. The van der Waals surface area contributed by atoms with Crippen LogP contribution < -0.4 is 5.32 Å². The van der Waals surface area contributed by atoms with Crippen LogP contribution in [0, 0.1) is 18.8 Å². The van der Waals surface area contributed by atoms with Gasteiger partial charge in [-0.25, -0.2) is 0 Å². The summed E-state index contributed by atoms with van der Waals surface area (Å²) < 4.78 is 5.23. The first-order chi connectivity index (χ1) is 15.5. The average Bonchev–Trinajstić information content (AvgIpc) is 3.52. The average molecular weight is 469 g/mol.